The highest BCUT2D eigenvalue weighted by Crippen LogP contribution is 2.20. The van der Waals surface area contributed by atoms with Gasteiger partial charge < -0.3 is 16.4 Å². The Bertz CT molecular complexity index is 418. The molecule has 86 valence electrons. The molecule has 0 spiro atoms. The summed E-state index contributed by atoms with van der Waals surface area (Å²) in [5, 5.41) is 5.84. The maximum absolute atomic E-state index is 11.3. The maximum Gasteiger partial charge on any atom is 0.224 e. The first-order valence-electron chi connectivity index (χ1n) is 5.00. The number of amides is 1. The number of thiocarbonyl (C=S) groups is 1. The normalized spacial score (nSPS) is 9.62. The van der Waals surface area contributed by atoms with Crippen molar-refractivity contribution in [3.8, 4) is 0 Å². The molecule has 1 aromatic rings. The van der Waals surface area contributed by atoms with E-state index in [-0.39, 0.29) is 11.0 Å². The Kier molecular flexibility index (Phi) is 4.25. The van der Waals surface area contributed by atoms with Crippen LogP contribution in [-0.2, 0) is 4.79 Å². The molecule has 1 aromatic carbocycles. The summed E-state index contributed by atoms with van der Waals surface area (Å²) in [6.07, 6.45) is 0.451. The number of aryl methyl sites for hydroxylation is 1. The Labute approximate surface area is 100 Å². The molecule has 4 nitrogen and oxygen atoms in total. The van der Waals surface area contributed by atoms with Crippen LogP contribution >= 0.6 is 12.2 Å². The number of hydrogen-bond acceptors (Lipinski definition) is 2. The molecule has 0 saturated heterocycles. The predicted molar refractivity (Wildman–Crippen MR) is 70.5 cm³/mol. The minimum atomic E-state index is -0.0180. The number of hydrogen-bond donors (Lipinski definition) is 3. The van der Waals surface area contributed by atoms with Gasteiger partial charge in [0.05, 0.1) is 0 Å². The second kappa shape index (κ2) is 5.46. The van der Waals surface area contributed by atoms with Gasteiger partial charge in [-0.15, -0.1) is 0 Å². The van der Waals surface area contributed by atoms with E-state index in [1.54, 1.807) is 0 Å². The number of nitrogens with one attached hydrogen (secondary N) is 2. The second-order valence-electron chi connectivity index (χ2n) is 3.42. The number of rotatable bonds is 3. The summed E-state index contributed by atoms with van der Waals surface area (Å²) < 4.78 is 0. The Hall–Kier alpha value is -1.62. The summed E-state index contributed by atoms with van der Waals surface area (Å²) in [6, 6.07) is 5.56. The third-order valence-corrected chi connectivity index (χ3v) is 2.20. The summed E-state index contributed by atoms with van der Waals surface area (Å²) in [5.41, 5.74) is 7.91. The van der Waals surface area contributed by atoms with Crippen LogP contribution in [0.3, 0.4) is 0 Å². The van der Waals surface area contributed by atoms with Crippen LogP contribution in [0.15, 0.2) is 18.2 Å². The molecular weight excluding hydrogens is 222 g/mol. The fraction of sp³-hybridized carbons (Fsp3) is 0.273. The highest BCUT2D eigenvalue weighted by atomic mass is 32.1. The van der Waals surface area contributed by atoms with Gasteiger partial charge in [-0.1, -0.05) is 13.0 Å². The zero-order chi connectivity index (χ0) is 12.1. The largest absolute Gasteiger partial charge is 0.376 e. The van der Waals surface area contributed by atoms with Crippen molar-refractivity contribution < 1.29 is 4.79 Å². The van der Waals surface area contributed by atoms with E-state index in [9.17, 15) is 4.79 Å². The molecule has 16 heavy (non-hydrogen) atoms. The van der Waals surface area contributed by atoms with E-state index in [0.29, 0.717) is 6.42 Å². The smallest absolute Gasteiger partial charge is 0.224 e. The monoisotopic (exact) mass is 237 g/mol. The number of benzene rings is 1. The highest BCUT2D eigenvalue weighted by Gasteiger charge is 2.04. The SMILES string of the molecule is CCC(=O)Nc1cc(NC(N)=S)ccc1C. The Morgan fingerprint density at radius 1 is 1.44 bits per heavy atom. The molecule has 1 rings (SSSR count). The zero-order valence-electron chi connectivity index (χ0n) is 9.33. The van der Waals surface area contributed by atoms with Gasteiger partial charge in [-0.2, -0.15) is 0 Å². The molecule has 4 N–H and O–H groups in total. The van der Waals surface area contributed by atoms with E-state index in [1.807, 2.05) is 32.0 Å². The lowest BCUT2D eigenvalue weighted by molar-refractivity contribution is -0.115. The van der Waals surface area contributed by atoms with Crippen LogP contribution in [0.2, 0.25) is 0 Å². The lowest BCUT2D eigenvalue weighted by atomic mass is 10.1. The van der Waals surface area contributed by atoms with Crippen LogP contribution in [-0.4, -0.2) is 11.0 Å². The molecule has 0 radical (unpaired) electrons. The van der Waals surface area contributed by atoms with Gasteiger partial charge in [-0.05, 0) is 36.8 Å². The molecule has 0 aliphatic rings. The molecule has 0 aromatic heterocycles. The number of carbonyl (C=O) groups excluding carboxylic acids is 1. The van der Waals surface area contributed by atoms with Crippen molar-refractivity contribution in [3.63, 3.8) is 0 Å². The number of anilines is 2. The van der Waals surface area contributed by atoms with Gasteiger partial charge in [0, 0.05) is 17.8 Å². The van der Waals surface area contributed by atoms with Gasteiger partial charge in [0.2, 0.25) is 5.91 Å². The number of nitrogens with two attached hydrogens (primary N) is 1. The summed E-state index contributed by atoms with van der Waals surface area (Å²) >= 11 is 4.74. The van der Waals surface area contributed by atoms with E-state index >= 15 is 0 Å². The average molecular weight is 237 g/mol. The van der Waals surface area contributed by atoms with Crippen molar-refractivity contribution >= 4 is 34.6 Å². The minimum Gasteiger partial charge on any atom is -0.376 e. The molecule has 5 heteroatoms. The number of carbonyl (C=O) groups is 1. The summed E-state index contributed by atoms with van der Waals surface area (Å²) in [4.78, 5) is 11.3. The Morgan fingerprint density at radius 2 is 2.12 bits per heavy atom. The first kappa shape index (κ1) is 12.4. The fourth-order valence-corrected chi connectivity index (χ4v) is 1.33. The predicted octanol–water partition coefficient (Wildman–Crippen LogP) is 2.00. The second-order valence-corrected chi connectivity index (χ2v) is 3.86. The summed E-state index contributed by atoms with van der Waals surface area (Å²) in [6.45, 7) is 3.73. The van der Waals surface area contributed by atoms with E-state index in [1.165, 1.54) is 0 Å². The molecule has 0 fully saturated rings. The zero-order valence-corrected chi connectivity index (χ0v) is 10.1. The molecule has 0 aliphatic carbocycles. The topological polar surface area (TPSA) is 67.2 Å². The quantitative estimate of drug-likeness (QED) is 0.703. The van der Waals surface area contributed by atoms with Crippen LogP contribution < -0.4 is 16.4 Å². The fourth-order valence-electron chi connectivity index (χ4n) is 1.22. The van der Waals surface area contributed by atoms with Crippen LogP contribution in [0.25, 0.3) is 0 Å². The lowest BCUT2D eigenvalue weighted by Gasteiger charge is -2.10. The molecule has 0 unspecified atom stereocenters. The Balaban J connectivity index is 2.90. The molecule has 0 heterocycles. The van der Waals surface area contributed by atoms with Crippen molar-refractivity contribution in [2.24, 2.45) is 5.73 Å². The van der Waals surface area contributed by atoms with E-state index < -0.39 is 0 Å². The average Bonchev–Trinajstić information content (AvgIpc) is 2.22. The molecule has 0 atom stereocenters. The standard InChI is InChI=1S/C11H15N3OS/c1-3-10(15)14-9-6-8(13-11(12)16)5-4-7(9)2/h4-6H,3H2,1-2H3,(H,14,15)(H3,12,13,16). The van der Waals surface area contributed by atoms with Gasteiger partial charge >= 0.3 is 0 Å². The van der Waals surface area contributed by atoms with E-state index in [2.05, 4.69) is 10.6 Å². The third-order valence-electron chi connectivity index (χ3n) is 2.10. The van der Waals surface area contributed by atoms with Gasteiger partial charge in [-0.25, -0.2) is 0 Å². The highest BCUT2D eigenvalue weighted by molar-refractivity contribution is 7.80. The molecule has 0 bridgehead atoms. The third kappa shape index (κ3) is 3.51. The molecule has 0 saturated carbocycles. The van der Waals surface area contributed by atoms with Crippen molar-refractivity contribution in [1.29, 1.82) is 0 Å². The van der Waals surface area contributed by atoms with Gasteiger partial charge in [0.15, 0.2) is 5.11 Å². The lowest BCUT2D eigenvalue weighted by Crippen LogP contribution is -2.19. The minimum absolute atomic E-state index is 0.0180. The van der Waals surface area contributed by atoms with Crippen LogP contribution in [0.1, 0.15) is 18.9 Å². The van der Waals surface area contributed by atoms with Crippen molar-refractivity contribution in [2.75, 3.05) is 10.6 Å². The molecular formula is C11H15N3OS. The van der Waals surface area contributed by atoms with Crippen molar-refractivity contribution in [2.45, 2.75) is 20.3 Å². The Morgan fingerprint density at radius 3 is 2.69 bits per heavy atom. The van der Waals surface area contributed by atoms with Crippen LogP contribution in [0, 0.1) is 6.92 Å². The van der Waals surface area contributed by atoms with Gasteiger partial charge in [0.1, 0.15) is 0 Å². The first-order valence-corrected chi connectivity index (χ1v) is 5.40. The first-order chi connectivity index (χ1) is 7.52. The molecule has 1 amide bonds. The van der Waals surface area contributed by atoms with Crippen molar-refractivity contribution in [3.05, 3.63) is 23.8 Å². The van der Waals surface area contributed by atoms with E-state index in [0.717, 1.165) is 16.9 Å². The van der Waals surface area contributed by atoms with Crippen LogP contribution in [0.4, 0.5) is 11.4 Å². The van der Waals surface area contributed by atoms with Gasteiger partial charge in [0.25, 0.3) is 0 Å². The van der Waals surface area contributed by atoms with Crippen LogP contribution in [0.5, 0.6) is 0 Å². The van der Waals surface area contributed by atoms with Gasteiger partial charge in [-0.3, -0.25) is 4.79 Å². The summed E-state index contributed by atoms with van der Waals surface area (Å²) in [7, 11) is 0. The maximum atomic E-state index is 11.3. The van der Waals surface area contributed by atoms with E-state index in [4.69, 9.17) is 18.0 Å². The molecule has 0 aliphatic heterocycles. The van der Waals surface area contributed by atoms with Crippen molar-refractivity contribution in [1.82, 2.24) is 0 Å². The summed E-state index contributed by atoms with van der Waals surface area (Å²) in [5.74, 6) is -0.0180.